The molecule has 1 N–H and O–H groups in total. The number of nitrogens with zero attached hydrogens (tertiary/aromatic N) is 1. The molecule has 1 fully saturated rings. The highest BCUT2D eigenvalue weighted by Crippen LogP contribution is 2.21. The Morgan fingerprint density at radius 1 is 1.43 bits per heavy atom. The van der Waals surface area contributed by atoms with Crippen molar-refractivity contribution in [2.45, 2.75) is 26.2 Å². The van der Waals surface area contributed by atoms with E-state index in [-0.39, 0.29) is 17.7 Å². The van der Waals surface area contributed by atoms with Gasteiger partial charge in [0.05, 0.1) is 5.92 Å². The van der Waals surface area contributed by atoms with Crippen LogP contribution >= 0.6 is 0 Å². The maximum absolute atomic E-state index is 12.4. The number of hydrogen-bond acceptors (Lipinski definition) is 2. The number of carbonyl (C=O) groups excluding carboxylic acids is 2. The van der Waals surface area contributed by atoms with Crippen LogP contribution in [0.5, 0.6) is 0 Å². The maximum Gasteiger partial charge on any atom is 0.245 e. The SMILES string of the molecule is C=CC(=O)N1CCC(C(=O)Nc2ccccc2CCC)C1. The molecule has 1 saturated heterocycles. The van der Waals surface area contributed by atoms with Gasteiger partial charge in [0.25, 0.3) is 0 Å². The van der Waals surface area contributed by atoms with Gasteiger partial charge in [-0.25, -0.2) is 0 Å². The molecule has 112 valence electrons. The van der Waals surface area contributed by atoms with Crippen molar-refractivity contribution in [3.05, 3.63) is 42.5 Å². The highest BCUT2D eigenvalue weighted by molar-refractivity contribution is 5.94. The zero-order valence-corrected chi connectivity index (χ0v) is 12.5. The van der Waals surface area contributed by atoms with E-state index in [4.69, 9.17) is 0 Å². The molecule has 1 heterocycles. The van der Waals surface area contributed by atoms with Crippen molar-refractivity contribution in [3.8, 4) is 0 Å². The minimum atomic E-state index is -0.136. The van der Waals surface area contributed by atoms with E-state index in [1.54, 1.807) is 4.90 Å². The number of amides is 2. The van der Waals surface area contributed by atoms with Crippen LogP contribution in [0.4, 0.5) is 5.69 Å². The van der Waals surface area contributed by atoms with Gasteiger partial charge in [0.2, 0.25) is 11.8 Å². The van der Waals surface area contributed by atoms with Gasteiger partial charge in [-0.15, -0.1) is 0 Å². The van der Waals surface area contributed by atoms with Gasteiger partial charge in [-0.3, -0.25) is 9.59 Å². The Balaban J connectivity index is 1.99. The zero-order chi connectivity index (χ0) is 15.2. The molecule has 21 heavy (non-hydrogen) atoms. The van der Waals surface area contributed by atoms with Crippen molar-refractivity contribution in [1.29, 1.82) is 0 Å². The lowest BCUT2D eigenvalue weighted by Crippen LogP contribution is -2.30. The first kappa shape index (κ1) is 15.3. The van der Waals surface area contributed by atoms with Crippen LogP contribution in [0, 0.1) is 5.92 Å². The average molecular weight is 286 g/mol. The van der Waals surface area contributed by atoms with E-state index < -0.39 is 0 Å². The fourth-order valence-electron chi connectivity index (χ4n) is 2.67. The Morgan fingerprint density at radius 2 is 2.19 bits per heavy atom. The molecule has 0 aliphatic carbocycles. The quantitative estimate of drug-likeness (QED) is 0.846. The first-order valence-corrected chi connectivity index (χ1v) is 7.45. The lowest BCUT2D eigenvalue weighted by atomic mass is 10.1. The third kappa shape index (κ3) is 3.72. The number of para-hydroxylation sites is 1. The van der Waals surface area contributed by atoms with Crippen molar-refractivity contribution in [1.82, 2.24) is 4.90 Å². The maximum atomic E-state index is 12.4. The first-order chi connectivity index (χ1) is 10.2. The van der Waals surface area contributed by atoms with Gasteiger partial charge in [0, 0.05) is 18.8 Å². The second kappa shape index (κ2) is 7.07. The molecule has 0 spiro atoms. The molecule has 2 rings (SSSR count). The summed E-state index contributed by atoms with van der Waals surface area (Å²) >= 11 is 0. The van der Waals surface area contributed by atoms with Gasteiger partial charge in [-0.1, -0.05) is 38.1 Å². The monoisotopic (exact) mass is 286 g/mol. The topological polar surface area (TPSA) is 49.4 Å². The molecule has 1 unspecified atom stereocenters. The lowest BCUT2D eigenvalue weighted by Gasteiger charge is -2.15. The van der Waals surface area contributed by atoms with E-state index >= 15 is 0 Å². The predicted octanol–water partition coefficient (Wildman–Crippen LogP) is 2.61. The third-order valence-corrected chi connectivity index (χ3v) is 3.84. The van der Waals surface area contributed by atoms with Crippen LogP contribution in [-0.2, 0) is 16.0 Å². The van der Waals surface area contributed by atoms with Gasteiger partial charge in [-0.2, -0.15) is 0 Å². The second-order valence-electron chi connectivity index (χ2n) is 5.37. The number of hydrogen-bond donors (Lipinski definition) is 1. The fourth-order valence-corrected chi connectivity index (χ4v) is 2.67. The Kier molecular flexibility index (Phi) is 5.14. The fraction of sp³-hybridized carbons (Fsp3) is 0.412. The lowest BCUT2D eigenvalue weighted by molar-refractivity contribution is -0.125. The standard InChI is InChI=1S/C17H22N2O2/c1-3-7-13-8-5-6-9-15(13)18-17(21)14-10-11-19(12-14)16(20)4-2/h4-6,8-9,14H,2-3,7,10-12H2,1H3,(H,18,21). The first-order valence-electron chi connectivity index (χ1n) is 7.45. The third-order valence-electron chi connectivity index (χ3n) is 3.84. The number of likely N-dealkylation sites (tertiary alicyclic amines) is 1. The van der Waals surface area contributed by atoms with Gasteiger partial charge >= 0.3 is 0 Å². The zero-order valence-electron chi connectivity index (χ0n) is 12.5. The molecule has 0 aromatic heterocycles. The van der Waals surface area contributed by atoms with E-state index in [9.17, 15) is 9.59 Å². The highest BCUT2D eigenvalue weighted by Gasteiger charge is 2.30. The number of aryl methyl sites for hydroxylation is 1. The highest BCUT2D eigenvalue weighted by atomic mass is 16.2. The van der Waals surface area contributed by atoms with Crippen LogP contribution < -0.4 is 5.32 Å². The smallest absolute Gasteiger partial charge is 0.245 e. The summed E-state index contributed by atoms with van der Waals surface area (Å²) in [5.41, 5.74) is 2.04. The van der Waals surface area contributed by atoms with Crippen LogP contribution in [0.25, 0.3) is 0 Å². The van der Waals surface area contributed by atoms with Crippen LogP contribution in [0.1, 0.15) is 25.3 Å². The number of rotatable bonds is 5. The molecule has 1 aromatic carbocycles. The van der Waals surface area contributed by atoms with Gasteiger partial charge in [0.15, 0.2) is 0 Å². The molecule has 2 amide bonds. The molecule has 1 aliphatic rings. The van der Waals surface area contributed by atoms with Gasteiger partial charge < -0.3 is 10.2 Å². The Labute approximate surface area is 125 Å². The van der Waals surface area contributed by atoms with Gasteiger partial charge in [0.1, 0.15) is 0 Å². The number of nitrogens with one attached hydrogen (secondary N) is 1. The van der Waals surface area contributed by atoms with Crippen molar-refractivity contribution >= 4 is 17.5 Å². The molecule has 1 atom stereocenters. The molecule has 4 nitrogen and oxygen atoms in total. The van der Waals surface area contributed by atoms with E-state index in [2.05, 4.69) is 18.8 Å². The summed E-state index contributed by atoms with van der Waals surface area (Å²) < 4.78 is 0. The molecule has 0 radical (unpaired) electrons. The van der Waals surface area contributed by atoms with E-state index in [1.165, 1.54) is 6.08 Å². The van der Waals surface area contributed by atoms with Crippen molar-refractivity contribution < 1.29 is 9.59 Å². The minimum absolute atomic E-state index is 0.00193. The largest absolute Gasteiger partial charge is 0.338 e. The van der Waals surface area contributed by atoms with Crippen molar-refractivity contribution in [3.63, 3.8) is 0 Å². The number of anilines is 1. The Hall–Kier alpha value is -2.10. The summed E-state index contributed by atoms with van der Waals surface area (Å²) in [5.74, 6) is -0.238. The van der Waals surface area contributed by atoms with Gasteiger partial charge in [-0.05, 0) is 30.5 Å². The molecular weight excluding hydrogens is 264 g/mol. The van der Waals surface area contributed by atoms with E-state index in [0.717, 1.165) is 24.1 Å². The summed E-state index contributed by atoms with van der Waals surface area (Å²) in [7, 11) is 0. The summed E-state index contributed by atoms with van der Waals surface area (Å²) in [6.45, 7) is 6.71. The summed E-state index contributed by atoms with van der Waals surface area (Å²) in [6, 6.07) is 7.89. The van der Waals surface area contributed by atoms with Crippen LogP contribution in [-0.4, -0.2) is 29.8 Å². The number of carbonyl (C=O) groups is 2. The summed E-state index contributed by atoms with van der Waals surface area (Å²) in [6.07, 6.45) is 4.00. The Morgan fingerprint density at radius 3 is 2.90 bits per heavy atom. The van der Waals surface area contributed by atoms with E-state index in [1.807, 2.05) is 24.3 Å². The van der Waals surface area contributed by atoms with E-state index in [0.29, 0.717) is 19.5 Å². The van der Waals surface area contributed by atoms with Crippen molar-refractivity contribution in [2.75, 3.05) is 18.4 Å². The summed E-state index contributed by atoms with van der Waals surface area (Å²) in [4.78, 5) is 25.6. The predicted molar refractivity (Wildman–Crippen MR) is 84.0 cm³/mol. The second-order valence-corrected chi connectivity index (χ2v) is 5.37. The Bertz CT molecular complexity index is 539. The molecule has 0 bridgehead atoms. The molecule has 4 heteroatoms. The van der Waals surface area contributed by atoms with Crippen LogP contribution in [0.3, 0.4) is 0 Å². The number of benzene rings is 1. The molecular formula is C17H22N2O2. The molecule has 0 saturated carbocycles. The molecule has 1 aromatic rings. The van der Waals surface area contributed by atoms with Crippen molar-refractivity contribution in [2.24, 2.45) is 5.92 Å². The van der Waals surface area contributed by atoms with Crippen LogP contribution in [0.15, 0.2) is 36.9 Å². The average Bonchev–Trinajstić information content (AvgIpc) is 2.98. The minimum Gasteiger partial charge on any atom is -0.338 e. The normalized spacial score (nSPS) is 17.6. The molecule has 1 aliphatic heterocycles. The summed E-state index contributed by atoms with van der Waals surface area (Å²) in [5, 5.41) is 3.01. The van der Waals surface area contributed by atoms with Crippen LogP contribution in [0.2, 0.25) is 0 Å².